The van der Waals surface area contributed by atoms with Crippen LogP contribution in [0.5, 0.6) is 0 Å². The van der Waals surface area contributed by atoms with Crippen LogP contribution in [0.3, 0.4) is 0 Å². The average molecular weight is 410 g/mol. The molecule has 0 aliphatic heterocycles. The van der Waals surface area contributed by atoms with Gasteiger partial charge in [-0.2, -0.15) is 9.78 Å². The summed E-state index contributed by atoms with van der Waals surface area (Å²) in [6, 6.07) is 10.9. The Labute approximate surface area is 172 Å². The van der Waals surface area contributed by atoms with Crippen LogP contribution in [-0.4, -0.2) is 26.8 Å². The number of aryl methyl sites for hydroxylation is 2. The van der Waals surface area contributed by atoms with Crippen molar-refractivity contribution in [2.45, 2.75) is 33.7 Å². The van der Waals surface area contributed by atoms with Gasteiger partial charge in [0.05, 0.1) is 12.2 Å². The molecule has 1 amide bonds. The number of hydrogen-bond donors (Lipinski definition) is 1. The van der Waals surface area contributed by atoms with E-state index in [2.05, 4.69) is 10.4 Å². The summed E-state index contributed by atoms with van der Waals surface area (Å²) in [6.07, 6.45) is 0.687. The van der Waals surface area contributed by atoms with Crippen LogP contribution in [0.2, 0.25) is 0 Å². The molecule has 1 heterocycles. The highest BCUT2D eigenvalue weighted by Crippen LogP contribution is 2.11. The van der Waals surface area contributed by atoms with Crippen molar-refractivity contribution < 1.29 is 9.18 Å². The first-order chi connectivity index (χ1) is 14.3. The predicted molar refractivity (Wildman–Crippen MR) is 112 cm³/mol. The molecule has 0 unspecified atom stereocenters. The van der Waals surface area contributed by atoms with E-state index in [0.717, 1.165) is 20.4 Å². The lowest BCUT2D eigenvalue weighted by atomic mass is 10.1. The Hall–Kier alpha value is -3.55. The standard InChI is InChI=1S/C22H23FN4O3/c1-4-9-24-20(28)19-21(29)26(13-16-5-7-17(23)8-6-16)22(30)27(25-19)18-11-14(2)10-15(3)12-18/h5-8,10-12H,4,9,13H2,1-3H3,(H,24,28). The van der Waals surface area contributed by atoms with Crippen molar-refractivity contribution in [1.29, 1.82) is 0 Å². The first-order valence-electron chi connectivity index (χ1n) is 9.65. The molecule has 0 atom stereocenters. The molecule has 30 heavy (non-hydrogen) atoms. The number of amides is 1. The number of carbonyl (C=O) groups excluding carboxylic acids is 1. The van der Waals surface area contributed by atoms with Gasteiger partial charge in [0.25, 0.3) is 11.5 Å². The largest absolute Gasteiger partial charge is 0.352 e. The Morgan fingerprint density at radius 2 is 1.70 bits per heavy atom. The smallest absolute Gasteiger partial charge is 0.350 e. The molecule has 3 rings (SSSR count). The summed E-state index contributed by atoms with van der Waals surface area (Å²) >= 11 is 0. The van der Waals surface area contributed by atoms with E-state index in [4.69, 9.17) is 0 Å². The van der Waals surface area contributed by atoms with Crippen molar-refractivity contribution in [3.8, 4) is 5.69 Å². The average Bonchev–Trinajstić information content (AvgIpc) is 2.70. The van der Waals surface area contributed by atoms with Gasteiger partial charge in [0.2, 0.25) is 5.69 Å². The highest BCUT2D eigenvalue weighted by molar-refractivity contribution is 5.91. The van der Waals surface area contributed by atoms with Gasteiger partial charge in [0.1, 0.15) is 5.82 Å². The number of nitrogens with one attached hydrogen (secondary N) is 1. The first kappa shape index (κ1) is 21.2. The van der Waals surface area contributed by atoms with E-state index in [1.165, 1.54) is 24.3 Å². The third-order valence-electron chi connectivity index (χ3n) is 4.52. The van der Waals surface area contributed by atoms with Crippen molar-refractivity contribution in [1.82, 2.24) is 19.7 Å². The van der Waals surface area contributed by atoms with E-state index in [9.17, 15) is 18.8 Å². The first-order valence-corrected chi connectivity index (χ1v) is 9.65. The molecule has 0 aliphatic rings. The molecule has 1 aromatic heterocycles. The van der Waals surface area contributed by atoms with Crippen LogP contribution in [-0.2, 0) is 6.54 Å². The topological polar surface area (TPSA) is 86.0 Å². The van der Waals surface area contributed by atoms with E-state index in [0.29, 0.717) is 24.2 Å². The van der Waals surface area contributed by atoms with Crippen molar-refractivity contribution in [3.63, 3.8) is 0 Å². The summed E-state index contributed by atoms with van der Waals surface area (Å²) in [5.74, 6) is -1.07. The van der Waals surface area contributed by atoms with E-state index < -0.39 is 23.0 Å². The highest BCUT2D eigenvalue weighted by Gasteiger charge is 2.20. The molecule has 0 saturated carbocycles. The van der Waals surface area contributed by atoms with Gasteiger partial charge >= 0.3 is 5.69 Å². The molecule has 1 N–H and O–H groups in total. The van der Waals surface area contributed by atoms with Gasteiger partial charge in [0, 0.05) is 6.54 Å². The summed E-state index contributed by atoms with van der Waals surface area (Å²) in [6.45, 7) is 5.91. The Balaban J connectivity index is 2.21. The van der Waals surface area contributed by atoms with Crippen LogP contribution >= 0.6 is 0 Å². The summed E-state index contributed by atoms with van der Waals surface area (Å²) in [5, 5.41) is 6.72. The summed E-state index contributed by atoms with van der Waals surface area (Å²) in [4.78, 5) is 38.6. The van der Waals surface area contributed by atoms with E-state index >= 15 is 0 Å². The van der Waals surface area contributed by atoms with E-state index in [-0.39, 0.29) is 12.2 Å². The van der Waals surface area contributed by atoms with Crippen LogP contribution < -0.4 is 16.6 Å². The second-order valence-corrected chi connectivity index (χ2v) is 7.16. The quantitative estimate of drug-likeness (QED) is 0.676. The van der Waals surface area contributed by atoms with Crippen molar-refractivity contribution in [2.24, 2.45) is 0 Å². The summed E-state index contributed by atoms with van der Waals surface area (Å²) in [5.41, 5.74) is 0.978. The maximum atomic E-state index is 13.2. The number of hydrogen-bond acceptors (Lipinski definition) is 4. The van der Waals surface area contributed by atoms with Crippen LogP contribution in [0.15, 0.2) is 52.1 Å². The molecule has 3 aromatic rings. The molecule has 2 aromatic carbocycles. The van der Waals surface area contributed by atoms with E-state index in [1.54, 1.807) is 12.1 Å². The molecule has 7 nitrogen and oxygen atoms in total. The van der Waals surface area contributed by atoms with Gasteiger partial charge in [-0.15, -0.1) is 0 Å². The molecule has 0 bridgehead atoms. The third kappa shape index (κ3) is 4.53. The number of rotatable bonds is 6. The monoisotopic (exact) mass is 410 g/mol. The fourth-order valence-electron chi connectivity index (χ4n) is 3.13. The van der Waals surface area contributed by atoms with Gasteiger partial charge < -0.3 is 5.32 Å². The zero-order valence-corrected chi connectivity index (χ0v) is 17.1. The fourth-order valence-corrected chi connectivity index (χ4v) is 3.13. The number of nitrogens with zero attached hydrogens (tertiary/aromatic N) is 3. The minimum Gasteiger partial charge on any atom is -0.350 e. The summed E-state index contributed by atoms with van der Waals surface area (Å²) in [7, 11) is 0. The Bertz CT molecular complexity index is 1180. The highest BCUT2D eigenvalue weighted by atomic mass is 19.1. The second kappa shape index (κ2) is 8.86. The SMILES string of the molecule is CCCNC(=O)c1nn(-c2cc(C)cc(C)c2)c(=O)n(Cc2ccc(F)cc2)c1=O. The lowest BCUT2D eigenvalue weighted by Crippen LogP contribution is -2.46. The lowest BCUT2D eigenvalue weighted by Gasteiger charge is -2.13. The van der Waals surface area contributed by atoms with Gasteiger partial charge in [0.15, 0.2) is 0 Å². The molecular formula is C22H23FN4O3. The van der Waals surface area contributed by atoms with Crippen molar-refractivity contribution in [3.05, 3.63) is 91.5 Å². The minimum atomic E-state index is -0.793. The molecule has 8 heteroatoms. The van der Waals surface area contributed by atoms with Crippen LogP contribution in [0.4, 0.5) is 4.39 Å². The van der Waals surface area contributed by atoms with Gasteiger partial charge in [-0.25, -0.2) is 9.18 Å². The maximum absolute atomic E-state index is 13.2. The lowest BCUT2D eigenvalue weighted by molar-refractivity contribution is 0.0944. The molecule has 156 valence electrons. The molecule has 0 saturated heterocycles. The number of carbonyl (C=O) groups is 1. The molecular weight excluding hydrogens is 387 g/mol. The second-order valence-electron chi connectivity index (χ2n) is 7.16. The van der Waals surface area contributed by atoms with Crippen molar-refractivity contribution in [2.75, 3.05) is 6.54 Å². The Morgan fingerprint density at radius 1 is 1.07 bits per heavy atom. The normalized spacial score (nSPS) is 10.8. The number of aromatic nitrogens is 3. The molecule has 0 aliphatic carbocycles. The van der Waals surface area contributed by atoms with Crippen LogP contribution in [0, 0.1) is 19.7 Å². The van der Waals surface area contributed by atoms with Crippen LogP contribution in [0.25, 0.3) is 5.69 Å². The molecule has 0 radical (unpaired) electrons. The number of benzene rings is 2. The summed E-state index contributed by atoms with van der Waals surface area (Å²) < 4.78 is 15.2. The van der Waals surface area contributed by atoms with E-state index in [1.807, 2.05) is 26.8 Å². The Kier molecular flexibility index (Phi) is 6.25. The zero-order chi connectivity index (χ0) is 21.8. The van der Waals surface area contributed by atoms with Gasteiger partial charge in [-0.05, 0) is 61.2 Å². The maximum Gasteiger partial charge on any atom is 0.352 e. The van der Waals surface area contributed by atoms with Gasteiger partial charge in [-0.1, -0.05) is 25.1 Å². The molecule has 0 spiro atoms. The molecule has 0 fully saturated rings. The predicted octanol–water partition coefficient (Wildman–Crippen LogP) is 2.34. The van der Waals surface area contributed by atoms with Gasteiger partial charge in [-0.3, -0.25) is 14.2 Å². The fraction of sp³-hybridized carbons (Fsp3) is 0.273. The number of halogens is 1. The Morgan fingerprint density at radius 3 is 2.30 bits per heavy atom. The minimum absolute atomic E-state index is 0.112. The van der Waals surface area contributed by atoms with Crippen LogP contribution in [0.1, 0.15) is 40.5 Å². The van der Waals surface area contributed by atoms with Crippen molar-refractivity contribution >= 4 is 5.91 Å². The zero-order valence-electron chi connectivity index (χ0n) is 17.1. The third-order valence-corrected chi connectivity index (χ3v) is 4.52.